The second kappa shape index (κ2) is 10.8. The van der Waals surface area contributed by atoms with E-state index in [2.05, 4.69) is 29.2 Å². The highest BCUT2D eigenvalue weighted by atomic mass is 35.5. The first kappa shape index (κ1) is 22.6. The van der Waals surface area contributed by atoms with Crippen molar-refractivity contribution in [1.29, 1.82) is 0 Å². The Morgan fingerprint density at radius 3 is 2.32 bits per heavy atom. The maximum absolute atomic E-state index is 12.3. The largest absolute Gasteiger partial charge is 0.372 e. The Kier molecular flexibility index (Phi) is 7.84. The zero-order valence-electron chi connectivity index (χ0n) is 17.8. The molecule has 0 atom stereocenters. The van der Waals surface area contributed by atoms with Crippen LogP contribution in [0.15, 0.2) is 65.5 Å². The summed E-state index contributed by atoms with van der Waals surface area (Å²) in [6.45, 7) is 6.48. The van der Waals surface area contributed by atoms with Gasteiger partial charge >= 0.3 is 0 Å². The molecule has 0 aliphatic carbocycles. The Bertz CT molecular complexity index is 1060. The van der Waals surface area contributed by atoms with E-state index >= 15 is 0 Å². The summed E-state index contributed by atoms with van der Waals surface area (Å²) in [6, 6.07) is 18.3. The number of nitrogens with zero attached hydrogens (tertiary/aromatic N) is 3. The predicted molar refractivity (Wildman–Crippen MR) is 127 cm³/mol. The summed E-state index contributed by atoms with van der Waals surface area (Å²) < 4.78 is 1.40. The summed E-state index contributed by atoms with van der Waals surface area (Å²) in [4.78, 5) is 26.7. The number of amides is 1. The van der Waals surface area contributed by atoms with Gasteiger partial charge in [-0.15, -0.1) is 0 Å². The van der Waals surface area contributed by atoms with Crippen molar-refractivity contribution in [1.82, 2.24) is 9.78 Å². The molecule has 1 heterocycles. The van der Waals surface area contributed by atoms with Gasteiger partial charge in [-0.05, 0) is 62.7 Å². The number of aryl methyl sites for hydroxylation is 1. The molecule has 3 aromatic rings. The van der Waals surface area contributed by atoms with E-state index in [1.54, 1.807) is 18.2 Å². The van der Waals surface area contributed by atoms with Crippen molar-refractivity contribution in [2.24, 2.45) is 0 Å². The molecule has 3 rings (SSSR count). The molecule has 0 saturated carbocycles. The standard InChI is InChI=1S/C24H27ClN4O2/c1-3-28(4-2)21-13-11-20(12-14-21)26-23(30)6-5-17-29-24(31)16-15-22(27-29)18-7-9-19(25)10-8-18/h7-16H,3-6,17H2,1-2H3,(H,26,30). The molecule has 162 valence electrons. The fourth-order valence-corrected chi connectivity index (χ4v) is 3.47. The molecule has 0 unspecified atom stereocenters. The minimum absolute atomic E-state index is 0.0857. The first-order chi connectivity index (χ1) is 15.0. The van der Waals surface area contributed by atoms with Crippen LogP contribution in [0.5, 0.6) is 0 Å². The van der Waals surface area contributed by atoms with Crippen LogP contribution in [0.1, 0.15) is 26.7 Å². The van der Waals surface area contributed by atoms with E-state index < -0.39 is 0 Å². The van der Waals surface area contributed by atoms with E-state index in [1.165, 1.54) is 10.7 Å². The Labute approximate surface area is 187 Å². The number of hydrogen-bond donors (Lipinski definition) is 1. The molecular formula is C24H27ClN4O2. The molecule has 0 spiro atoms. The van der Waals surface area contributed by atoms with Gasteiger partial charge in [0.2, 0.25) is 5.91 Å². The van der Waals surface area contributed by atoms with Crippen LogP contribution >= 0.6 is 11.6 Å². The summed E-state index contributed by atoms with van der Waals surface area (Å²) >= 11 is 5.93. The summed E-state index contributed by atoms with van der Waals surface area (Å²) in [5, 5.41) is 7.97. The minimum atomic E-state index is -0.190. The van der Waals surface area contributed by atoms with Crippen LogP contribution in [0.3, 0.4) is 0 Å². The van der Waals surface area contributed by atoms with Crippen LogP contribution in [-0.4, -0.2) is 28.8 Å². The number of halogens is 1. The Balaban J connectivity index is 1.55. The van der Waals surface area contributed by atoms with Gasteiger partial charge in [0, 0.05) is 54.1 Å². The molecule has 31 heavy (non-hydrogen) atoms. The maximum atomic E-state index is 12.3. The van der Waals surface area contributed by atoms with Gasteiger partial charge in [-0.3, -0.25) is 9.59 Å². The van der Waals surface area contributed by atoms with Crippen molar-refractivity contribution in [3.05, 3.63) is 76.0 Å². The highest BCUT2D eigenvalue weighted by molar-refractivity contribution is 6.30. The molecular weight excluding hydrogens is 412 g/mol. The summed E-state index contributed by atoms with van der Waals surface area (Å²) in [5.74, 6) is -0.0857. The molecule has 2 aromatic carbocycles. The third kappa shape index (κ3) is 6.18. The molecule has 0 aliphatic rings. The lowest BCUT2D eigenvalue weighted by Gasteiger charge is -2.21. The Morgan fingerprint density at radius 1 is 1.00 bits per heavy atom. The summed E-state index contributed by atoms with van der Waals surface area (Å²) in [5.41, 5.74) is 3.28. The first-order valence-electron chi connectivity index (χ1n) is 10.5. The minimum Gasteiger partial charge on any atom is -0.372 e. The van der Waals surface area contributed by atoms with Crippen molar-refractivity contribution in [3.8, 4) is 11.3 Å². The van der Waals surface area contributed by atoms with Crippen molar-refractivity contribution >= 4 is 28.9 Å². The lowest BCUT2D eigenvalue weighted by molar-refractivity contribution is -0.116. The van der Waals surface area contributed by atoms with Gasteiger partial charge in [0.25, 0.3) is 5.56 Å². The normalized spacial score (nSPS) is 10.7. The average Bonchev–Trinajstić information content (AvgIpc) is 2.77. The van der Waals surface area contributed by atoms with E-state index in [4.69, 9.17) is 11.6 Å². The van der Waals surface area contributed by atoms with Crippen molar-refractivity contribution < 1.29 is 4.79 Å². The molecule has 7 heteroatoms. The smallest absolute Gasteiger partial charge is 0.266 e. The lowest BCUT2D eigenvalue weighted by atomic mass is 10.1. The van der Waals surface area contributed by atoms with Gasteiger partial charge in [-0.25, -0.2) is 4.68 Å². The number of carbonyl (C=O) groups is 1. The van der Waals surface area contributed by atoms with Gasteiger partial charge < -0.3 is 10.2 Å². The summed E-state index contributed by atoms with van der Waals surface area (Å²) in [6.07, 6.45) is 0.817. The molecule has 0 saturated heterocycles. The van der Waals surface area contributed by atoms with Crippen LogP contribution in [0.25, 0.3) is 11.3 Å². The van der Waals surface area contributed by atoms with Gasteiger partial charge in [0.15, 0.2) is 0 Å². The number of aromatic nitrogens is 2. The second-order valence-electron chi connectivity index (χ2n) is 7.16. The third-order valence-corrected chi connectivity index (χ3v) is 5.31. The van der Waals surface area contributed by atoms with E-state index in [0.717, 1.165) is 30.0 Å². The SMILES string of the molecule is CCN(CC)c1ccc(NC(=O)CCCn2nc(-c3ccc(Cl)cc3)ccc2=O)cc1. The third-order valence-electron chi connectivity index (χ3n) is 5.06. The number of anilines is 2. The highest BCUT2D eigenvalue weighted by Gasteiger charge is 2.07. The van der Waals surface area contributed by atoms with Gasteiger partial charge in [0.1, 0.15) is 0 Å². The van der Waals surface area contributed by atoms with Crippen molar-refractivity contribution in [2.75, 3.05) is 23.3 Å². The summed E-state index contributed by atoms with van der Waals surface area (Å²) in [7, 11) is 0. The average molecular weight is 439 g/mol. The van der Waals surface area contributed by atoms with Gasteiger partial charge in [-0.1, -0.05) is 23.7 Å². The van der Waals surface area contributed by atoms with Crippen molar-refractivity contribution in [3.63, 3.8) is 0 Å². The van der Waals surface area contributed by atoms with Crippen LogP contribution in [-0.2, 0) is 11.3 Å². The van der Waals surface area contributed by atoms with E-state index in [1.807, 2.05) is 36.4 Å². The quantitative estimate of drug-likeness (QED) is 0.519. The number of hydrogen-bond acceptors (Lipinski definition) is 4. The molecule has 0 fully saturated rings. The zero-order chi connectivity index (χ0) is 22.2. The fourth-order valence-electron chi connectivity index (χ4n) is 3.34. The molecule has 1 aromatic heterocycles. The molecule has 6 nitrogen and oxygen atoms in total. The second-order valence-corrected chi connectivity index (χ2v) is 7.59. The lowest BCUT2D eigenvalue weighted by Crippen LogP contribution is -2.23. The van der Waals surface area contributed by atoms with Crippen LogP contribution in [0.2, 0.25) is 5.02 Å². The number of carbonyl (C=O) groups excluding carboxylic acids is 1. The number of nitrogens with one attached hydrogen (secondary N) is 1. The number of benzene rings is 2. The van der Waals surface area contributed by atoms with Gasteiger partial charge in [-0.2, -0.15) is 5.10 Å². The topological polar surface area (TPSA) is 67.2 Å². The fraction of sp³-hybridized carbons (Fsp3) is 0.292. The molecule has 0 aliphatic heterocycles. The predicted octanol–water partition coefficient (Wildman–Crippen LogP) is 4.83. The Hall–Kier alpha value is -3.12. The van der Waals surface area contributed by atoms with Crippen LogP contribution in [0.4, 0.5) is 11.4 Å². The monoisotopic (exact) mass is 438 g/mol. The van der Waals surface area contributed by atoms with E-state index in [0.29, 0.717) is 30.1 Å². The molecule has 1 N–H and O–H groups in total. The molecule has 0 radical (unpaired) electrons. The van der Waals surface area contributed by atoms with Crippen LogP contribution < -0.4 is 15.8 Å². The van der Waals surface area contributed by atoms with Gasteiger partial charge in [0.05, 0.1) is 5.69 Å². The Morgan fingerprint density at radius 2 is 1.68 bits per heavy atom. The first-order valence-corrected chi connectivity index (χ1v) is 10.9. The highest BCUT2D eigenvalue weighted by Crippen LogP contribution is 2.19. The maximum Gasteiger partial charge on any atom is 0.266 e. The van der Waals surface area contributed by atoms with E-state index in [9.17, 15) is 9.59 Å². The number of rotatable bonds is 9. The van der Waals surface area contributed by atoms with E-state index in [-0.39, 0.29) is 11.5 Å². The zero-order valence-corrected chi connectivity index (χ0v) is 18.6. The molecule has 0 bridgehead atoms. The van der Waals surface area contributed by atoms with Crippen molar-refractivity contribution in [2.45, 2.75) is 33.2 Å². The molecule has 1 amide bonds. The van der Waals surface area contributed by atoms with Crippen LogP contribution in [0, 0.1) is 0 Å².